The molecule has 0 aromatic heterocycles. The number of rotatable bonds is 5. The summed E-state index contributed by atoms with van der Waals surface area (Å²) in [5.74, 6) is -0.0452. The summed E-state index contributed by atoms with van der Waals surface area (Å²) in [6.07, 6.45) is 0. The Morgan fingerprint density at radius 2 is 2.06 bits per heavy atom. The highest BCUT2D eigenvalue weighted by Crippen LogP contribution is 2.03. The molecule has 0 aliphatic carbocycles. The molecule has 1 aromatic rings. The first kappa shape index (κ1) is 12.7. The van der Waals surface area contributed by atoms with Crippen molar-refractivity contribution >= 4 is 5.91 Å². The number of aliphatic hydroxyl groups is 1. The van der Waals surface area contributed by atoms with Crippen molar-refractivity contribution in [3.05, 3.63) is 35.4 Å². The average molecular weight is 222 g/mol. The monoisotopic (exact) mass is 222 g/mol. The lowest BCUT2D eigenvalue weighted by molar-refractivity contribution is 0.0942. The van der Waals surface area contributed by atoms with Crippen LogP contribution in [-0.2, 0) is 6.54 Å². The summed E-state index contributed by atoms with van der Waals surface area (Å²) in [5.41, 5.74) is 7.08. The molecule has 4 N–H and O–H groups in total. The molecule has 1 rings (SSSR count). The zero-order chi connectivity index (χ0) is 12.0. The highest BCUT2D eigenvalue weighted by atomic mass is 16.3. The van der Waals surface area contributed by atoms with E-state index in [0.29, 0.717) is 18.7 Å². The first-order valence-electron chi connectivity index (χ1n) is 5.35. The van der Waals surface area contributed by atoms with Crippen LogP contribution < -0.4 is 11.1 Å². The summed E-state index contributed by atoms with van der Waals surface area (Å²) in [5, 5.41) is 11.6. The van der Waals surface area contributed by atoms with Crippen LogP contribution in [0.5, 0.6) is 0 Å². The molecule has 1 atom stereocenters. The van der Waals surface area contributed by atoms with Gasteiger partial charge in [-0.05, 0) is 23.6 Å². The van der Waals surface area contributed by atoms with E-state index in [1.165, 1.54) is 0 Å². The van der Waals surface area contributed by atoms with Gasteiger partial charge in [0, 0.05) is 25.3 Å². The van der Waals surface area contributed by atoms with E-state index in [1.54, 1.807) is 12.1 Å². The van der Waals surface area contributed by atoms with Crippen molar-refractivity contribution in [2.24, 2.45) is 11.7 Å². The third-order valence-corrected chi connectivity index (χ3v) is 2.37. The van der Waals surface area contributed by atoms with Crippen LogP contribution in [0, 0.1) is 5.92 Å². The molecule has 0 spiro atoms. The van der Waals surface area contributed by atoms with E-state index >= 15 is 0 Å². The minimum atomic E-state index is -0.121. The van der Waals surface area contributed by atoms with E-state index < -0.39 is 0 Å². The molecule has 1 unspecified atom stereocenters. The predicted molar refractivity (Wildman–Crippen MR) is 62.9 cm³/mol. The van der Waals surface area contributed by atoms with Gasteiger partial charge in [0.15, 0.2) is 0 Å². The summed E-state index contributed by atoms with van der Waals surface area (Å²) >= 11 is 0. The van der Waals surface area contributed by atoms with Crippen molar-refractivity contribution in [3.8, 4) is 0 Å². The topological polar surface area (TPSA) is 75.3 Å². The third-order valence-electron chi connectivity index (χ3n) is 2.37. The number of hydrogen-bond donors (Lipinski definition) is 3. The zero-order valence-corrected chi connectivity index (χ0v) is 9.44. The number of benzene rings is 1. The number of aliphatic hydroxyl groups excluding tert-OH is 1. The molecule has 4 heteroatoms. The molecule has 0 aliphatic heterocycles. The highest BCUT2D eigenvalue weighted by molar-refractivity contribution is 5.94. The van der Waals surface area contributed by atoms with Crippen molar-refractivity contribution in [1.82, 2.24) is 5.32 Å². The summed E-state index contributed by atoms with van der Waals surface area (Å²) in [6, 6.07) is 7.18. The molecule has 0 saturated heterocycles. The van der Waals surface area contributed by atoms with Gasteiger partial charge < -0.3 is 16.2 Å². The molecule has 16 heavy (non-hydrogen) atoms. The second kappa shape index (κ2) is 6.25. The molecule has 88 valence electrons. The minimum Gasteiger partial charge on any atom is -0.396 e. The molecule has 0 aliphatic rings. The summed E-state index contributed by atoms with van der Waals surface area (Å²) in [6.45, 7) is 2.90. The molecule has 1 aromatic carbocycles. The second-order valence-corrected chi connectivity index (χ2v) is 3.90. The van der Waals surface area contributed by atoms with Crippen LogP contribution in [0.1, 0.15) is 22.8 Å². The largest absolute Gasteiger partial charge is 0.396 e. The van der Waals surface area contributed by atoms with Gasteiger partial charge in [0.05, 0.1) is 0 Å². The van der Waals surface area contributed by atoms with Gasteiger partial charge in [-0.1, -0.05) is 19.1 Å². The lowest BCUT2D eigenvalue weighted by atomic mass is 10.1. The van der Waals surface area contributed by atoms with E-state index in [4.69, 9.17) is 10.8 Å². The number of amides is 1. The maximum absolute atomic E-state index is 11.6. The van der Waals surface area contributed by atoms with Crippen LogP contribution in [0.25, 0.3) is 0 Å². The molecule has 0 saturated carbocycles. The quantitative estimate of drug-likeness (QED) is 0.679. The number of nitrogens with one attached hydrogen (secondary N) is 1. The Balaban J connectivity index is 2.52. The zero-order valence-electron chi connectivity index (χ0n) is 9.44. The standard InChI is InChI=1S/C12H18N2O2/c1-9(8-15)7-14-12(16)11-4-2-10(6-13)3-5-11/h2-5,9,15H,6-8,13H2,1H3,(H,14,16). The van der Waals surface area contributed by atoms with Crippen molar-refractivity contribution in [2.45, 2.75) is 13.5 Å². The normalized spacial score (nSPS) is 12.2. The van der Waals surface area contributed by atoms with Crippen LogP contribution in [0.15, 0.2) is 24.3 Å². The van der Waals surface area contributed by atoms with Crippen LogP contribution >= 0.6 is 0 Å². The number of nitrogens with two attached hydrogens (primary N) is 1. The van der Waals surface area contributed by atoms with Gasteiger partial charge in [-0.2, -0.15) is 0 Å². The maximum Gasteiger partial charge on any atom is 0.251 e. The van der Waals surface area contributed by atoms with Crippen molar-refractivity contribution in [2.75, 3.05) is 13.2 Å². The van der Waals surface area contributed by atoms with Crippen LogP contribution in [0.2, 0.25) is 0 Å². The van der Waals surface area contributed by atoms with E-state index in [0.717, 1.165) is 5.56 Å². The van der Waals surface area contributed by atoms with Gasteiger partial charge in [0.2, 0.25) is 0 Å². The minimum absolute atomic E-state index is 0.0758. The smallest absolute Gasteiger partial charge is 0.251 e. The van der Waals surface area contributed by atoms with Gasteiger partial charge in [0.1, 0.15) is 0 Å². The van der Waals surface area contributed by atoms with E-state index in [9.17, 15) is 4.79 Å². The van der Waals surface area contributed by atoms with Gasteiger partial charge in [-0.15, -0.1) is 0 Å². The van der Waals surface area contributed by atoms with E-state index in [1.807, 2.05) is 19.1 Å². The average Bonchev–Trinajstić information content (AvgIpc) is 2.35. The van der Waals surface area contributed by atoms with Gasteiger partial charge in [-0.3, -0.25) is 4.79 Å². The van der Waals surface area contributed by atoms with Gasteiger partial charge in [-0.25, -0.2) is 0 Å². The predicted octanol–water partition coefficient (Wildman–Crippen LogP) is 0.503. The Bertz CT molecular complexity index is 335. The molecule has 0 bridgehead atoms. The van der Waals surface area contributed by atoms with E-state index in [2.05, 4.69) is 5.32 Å². The molecule has 4 nitrogen and oxygen atoms in total. The molecular weight excluding hydrogens is 204 g/mol. The van der Waals surface area contributed by atoms with Crippen molar-refractivity contribution in [1.29, 1.82) is 0 Å². The van der Waals surface area contributed by atoms with Crippen molar-refractivity contribution < 1.29 is 9.90 Å². The Labute approximate surface area is 95.5 Å². The van der Waals surface area contributed by atoms with Gasteiger partial charge >= 0.3 is 0 Å². The molecular formula is C12H18N2O2. The van der Waals surface area contributed by atoms with Gasteiger partial charge in [0.25, 0.3) is 5.91 Å². The van der Waals surface area contributed by atoms with E-state index in [-0.39, 0.29) is 18.4 Å². The second-order valence-electron chi connectivity index (χ2n) is 3.90. The number of carbonyl (C=O) groups excluding carboxylic acids is 1. The Morgan fingerprint density at radius 3 is 2.56 bits per heavy atom. The Hall–Kier alpha value is -1.39. The molecule has 0 heterocycles. The fourth-order valence-corrected chi connectivity index (χ4v) is 1.23. The first-order chi connectivity index (χ1) is 7.67. The van der Waals surface area contributed by atoms with Crippen LogP contribution in [-0.4, -0.2) is 24.2 Å². The third kappa shape index (κ3) is 3.64. The Kier molecular flexibility index (Phi) is 4.95. The summed E-state index contributed by atoms with van der Waals surface area (Å²) < 4.78 is 0. The maximum atomic E-state index is 11.6. The van der Waals surface area contributed by atoms with Crippen molar-refractivity contribution in [3.63, 3.8) is 0 Å². The number of hydrogen-bond acceptors (Lipinski definition) is 3. The number of carbonyl (C=O) groups is 1. The van der Waals surface area contributed by atoms with Crippen LogP contribution in [0.4, 0.5) is 0 Å². The molecule has 0 radical (unpaired) electrons. The summed E-state index contributed by atoms with van der Waals surface area (Å²) in [7, 11) is 0. The fraction of sp³-hybridized carbons (Fsp3) is 0.417. The highest BCUT2D eigenvalue weighted by Gasteiger charge is 2.06. The lowest BCUT2D eigenvalue weighted by Crippen LogP contribution is -2.29. The SMILES string of the molecule is CC(CO)CNC(=O)c1ccc(CN)cc1. The Morgan fingerprint density at radius 1 is 1.44 bits per heavy atom. The first-order valence-corrected chi connectivity index (χ1v) is 5.35. The molecule has 0 fully saturated rings. The van der Waals surface area contributed by atoms with Crippen LogP contribution in [0.3, 0.4) is 0 Å². The summed E-state index contributed by atoms with van der Waals surface area (Å²) in [4.78, 5) is 11.6. The fourth-order valence-electron chi connectivity index (χ4n) is 1.23. The lowest BCUT2D eigenvalue weighted by Gasteiger charge is -2.09. The molecule has 1 amide bonds.